The van der Waals surface area contributed by atoms with E-state index in [1.54, 1.807) is 0 Å². The molecule has 0 spiro atoms. The van der Waals surface area contributed by atoms with Crippen LogP contribution in [0.3, 0.4) is 0 Å². The van der Waals surface area contributed by atoms with Crippen LogP contribution >= 0.6 is 23.5 Å². The van der Waals surface area contributed by atoms with Crippen LogP contribution in [0.4, 0.5) is 34.1 Å². The third kappa shape index (κ3) is 5.20. The Labute approximate surface area is 454 Å². The number of rotatable bonds is 3. The zero-order valence-electron chi connectivity index (χ0n) is 41.9. The first-order valence-electron chi connectivity index (χ1n) is 26.8. The van der Waals surface area contributed by atoms with Gasteiger partial charge in [0.05, 0.1) is 39.5 Å². The van der Waals surface area contributed by atoms with Crippen molar-refractivity contribution in [1.29, 1.82) is 0 Å². The molecule has 1 aromatic heterocycles. The summed E-state index contributed by atoms with van der Waals surface area (Å²) in [5, 5.41) is 2.50. The molecule has 0 saturated heterocycles. The Balaban J connectivity index is 0.982. The first-order valence-corrected chi connectivity index (χ1v) is 28.5. The van der Waals surface area contributed by atoms with Crippen molar-refractivity contribution in [2.75, 3.05) is 9.80 Å². The molecule has 6 heterocycles. The molecule has 0 unspecified atom stereocenters. The Bertz CT molecular complexity index is 4380. The molecule has 19 rings (SSSR count). The third-order valence-corrected chi connectivity index (χ3v) is 20.3. The summed E-state index contributed by atoms with van der Waals surface area (Å²) in [6, 6.07) is 78.5. The Morgan fingerprint density at radius 1 is 0.390 bits per heavy atom. The van der Waals surface area contributed by atoms with Crippen LogP contribution in [0.25, 0.3) is 49.7 Å². The van der Waals surface area contributed by atoms with Crippen molar-refractivity contribution in [3.63, 3.8) is 0 Å². The van der Waals surface area contributed by atoms with Gasteiger partial charge in [-0.3, -0.25) is 0 Å². The summed E-state index contributed by atoms with van der Waals surface area (Å²) >= 11 is 3.91. The van der Waals surface area contributed by atoms with E-state index in [1.165, 1.54) is 159 Å². The van der Waals surface area contributed by atoms with Crippen LogP contribution in [-0.2, 0) is 0 Å². The molecule has 0 atom stereocenters. The van der Waals surface area contributed by atoms with E-state index < -0.39 is 0 Å². The topological polar surface area (TPSA) is 20.6 Å². The van der Waals surface area contributed by atoms with E-state index in [4.69, 9.17) is 4.74 Å². The molecular formula is C70H42BN3OS2. The minimum Gasteiger partial charge on any atom is -0.458 e. The Hall–Kier alpha value is -8.62. The van der Waals surface area contributed by atoms with Crippen LogP contribution in [-0.4, -0.2) is 11.3 Å². The largest absolute Gasteiger partial charge is 0.458 e. The molecular weight excluding hydrogens is 974 g/mol. The second-order valence-corrected chi connectivity index (χ2v) is 24.0. The molecule has 358 valence electrons. The van der Waals surface area contributed by atoms with Gasteiger partial charge in [-0.15, -0.1) is 0 Å². The number of nitrogens with zero attached hydrogens (tertiary/aromatic N) is 3. The summed E-state index contributed by atoms with van der Waals surface area (Å²) in [6.07, 6.45) is 0. The summed E-state index contributed by atoms with van der Waals surface area (Å²) in [6.45, 7) is 4.37. The molecule has 0 N–H and O–H groups in total. The van der Waals surface area contributed by atoms with Crippen LogP contribution in [0.15, 0.2) is 226 Å². The van der Waals surface area contributed by atoms with Crippen molar-refractivity contribution in [3.05, 3.63) is 251 Å². The molecule has 0 fully saturated rings. The first kappa shape index (κ1) is 41.6. The van der Waals surface area contributed by atoms with Gasteiger partial charge in [0, 0.05) is 53.6 Å². The zero-order valence-corrected chi connectivity index (χ0v) is 43.6. The van der Waals surface area contributed by atoms with Crippen LogP contribution < -0.4 is 30.9 Å². The van der Waals surface area contributed by atoms with Crippen LogP contribution in [0.2, 0.25) is 0 Å². The van der Waals surface area contributed by atoms with Crippen molar-refractivity contribution >= 4 is 103 Å². The molecule has 0 radical (unpaired) electrons. The van der Waals surface area contributed by atoms with E-state index in [9.17, 15) is 0 Å². The summed E-state index contributed by atoms with van der Waals surface area (Å²) in [5.74, 6) is 1.92. The van der Waals surface area contributed by atoms with E-state index in [-0.39, 0.29) is 18.5 Å². The van der Waals surface area contributed by atoms with Gasteiger partial charge in [-0.2, -0.15) is 0 Å². The minimum absolute atomic E-state index is 0.00865. The SMILES string of the molecule is Cc1ccc2c(c1)Sc1c(C3c4ccccc4-c4ccccc43)cc3c4c1N2c1cc(-n2c5ccccc5c5ccccc52)cc2c1B4c1c(cc(C4c5ccccc5-c5ccccc54)c4c1N2c1ccc(C)cc1S4)O3. The average molecular weight is 1020 g/mol. The smallest absolute Gasteiger partial charge is 0.262 e. The van der Waals surface area contributed by atoms with Crippen LogP contribution in [0.5, 0.6) is 11.5 Å². The molecule has 7 aliphatic rings. The van der Waals surface area contributed by atoms with Gasteiger partial charge >= 0.3 is 0 Å². The molecule has 0 amide bonds. The zero-order chi connectivity index (χ0) is 50.1. The highest BCUT2D eigenvalue weighted by molar-refractivity contribution is 8.00. The molecule has 77 heavy (non-hydrogen) atoms. The lowest BCUT2D eigenvalue weighted by molar-refractivity contribution is 0.484. The maximum absolute atomic E-state index is 7.86. The summed E-state index contributed by atoms with van der Waals surface area (Å²) in [5.41, 5.74) is 30.4. The highest BCUT2D eigenvalue weighted by atomic mass is 32.2. The maximum atomic E-state index is 7.86. The first-order chi connectivity index (χ1) is 38.0. The lowest BCUT2D eigenvalue weighted by Gasteiger charge is -2.50. The maximum Gasteiger partial charge on any atom is 0.262 e. The van der Waals surface area contributed by atoms with Crippen molar-refractivity contribution in [2.24, 2.45) is 0 Å². The molecule has 11 aromatic carbocycles. The molecule has 2 aliphatic carbocycles. The van der Waals surface area contributed by atoms with Gasteiger partial charge in [0.25, 0.3) is 6.71 Å². The minimum atomic E-state index is -0.101. The van der Waals surface area contributed by atoms with Gasteiger partial charge in [0.1, 0.15) is 11.5 Å². The molecule has 0 saturated carbocycles. The Morgan fingerprint density at radius 3 is 1.23 bits per heavy atom. The Morgan fingerprint density at radius 2 is 0.792 bits per heavy atom. The van der Waals surface area contributed by atoms with E-state index >= 15 is 0 Å². The van der Waals surface area contributed by atoms with Gasteiger partial charge in [-0.05, 0) is 158 Å². The van der Waals surface area contributed by atoms with Crippen LogP contribution in [0.1, 0.15) is 56.3 Å². The number of anilines is 6. The summed E-state index contributed by atoms with van der Waals surface area (Å²) in [4.78, 5) is 10.5. The average Bonchev–Trinajstić information content (AvgIpc) is 4.25. The third-order valence-electron chi connectivity index (χ3n) is 18.0. The second kappa shape index (κ2) is 14.6. The van der Waals surface area contributed by atoms with Crippen molar-refractivity contribution in [3.8, 4) is 39.4 Å². The number of hydrogen-bond donors (Lipinski definition) is 0. The number of aromatic nitrogens is 1. The van der Waals surface area contributed by atoms with E-state index in [2.05, 4.69) is 234 Å². The van der Waals surface area contributed by atoms with Crippen molar-refractivity contribution in [1.82, 2.24) is 4.57 Å². The lowest BCUT2D eigenvalue weighted by Crippen LogP contribution is -2.64. The van der Waals surface area contributed by atoms with E-state index in [0.29, 0.717) is 0 Å². The van der Waals surface area contributed by atoms with Crippen molar-refractivity contribution < 1.29 is 4.74 Å². The highest BCUT2D eigenvalue weighted by Crippen LogP contribution is 2.64. The Kier molecular flexibility index (Phi) is 7.92. The molecule has 0 bridgehead atoms. The summed E-state index contributed by atoms with van der Waals surface area (Å²) < 4.78 is 10.4. The fraction of sp³-hybridized carbons (Fsp3) is 0.0571. The second-order valence-electron chi connectivity index (χ2n) is 21.9. The number of aryl methyl sites for hydroxylation is 2. The molecule has 5 aliphatic heterocycles. The predicted molar refractivity (Wildman–Crippen MR) is 318 cm³/mol. The van der Waals surface area contributed by atoms with E-state index in [1.807, 2.05) is 23.5 Å². The number of ether oxygens (including phenoxy) is 1. The molecule has 4 nitrogen and oxygen atoms in total. The number of hydrogen-bond acceptors (Lipinski definition) is 5. The van der Waals surface area contributed by atoms with Crippen molar-refractivity contribution in [2.45, 2.75) is 45.3 Å². The van der Waals surface area contributed by atoms with Gasteiger partial charge in [-0.1, -0.05) is 169 Å². The van der Waals surface area contributed by atoms with Gasteiger partial charge in [0.15, 0.2) is 0 Å². The van der Waals surface area contributed by atoms with Gasteiger partial charge in [-0.25, -0.2) is 0 Å². The molecule has 7 heteroatoms. The predicted octanol–water partition coefficient (Wildman–Crippen LogP) is 16.8. The summed E-state index contributed by atoms with van der Waals surface area (Å²) in [7, 11) is 0. The monoisotopic (exact) mass is 1020 g/mol. The van der Waals surface area contributed by atoms with Crippen LogP contribution in [0, 0.1) is 13.8 Å². The van der Waals surface area contributed by atoms with E-state index in [0.717, 1.165) is 17.2 Å². The fourth-order valence-corrected chi connectivity index (χ4v) is 17.7. The normalized spacial score (nSPS) is 15.0. The van der Waals surface area contributed by atoms with Gasteiger partial charge < -0.3 is 19.1 Å². The molecule has 12 aromatic rings. The number of fused-ring (bicyclic) bond motifs is 15. The number of para-hydroxylation sites is 2. The quantitative estimate of drug-likeness (QED) is 0.164. The lowest BCUT2D eigenvalue weighted by atomic mass is 9.32. The number of benzene rings is 11. The fourth-order valence-electron chi connectivity index (χ4n) is 15.0. The van der Waals surface area contributed by atoms with Gasteiger partial charge in [0.2, 0.25) is 0 Å². The standard InChI is InChI=1S/C70H42BN3OS2/c1-37-27-29-54-60(31-37)76-69-50(62-46-21-7-3-15-40(46)41-16-4-8-22-47(41)62)35-58-65-67(69)73(54)56-33-39(72-52-25-13-11-19-44(52)45-20-12-14-26-53(45)72)34-57-64(56)71(65)66-59(75-58)36-51(70-68(66)74(57)55-30-28-38(2)32-61(55)77-70)63-48-23-9-5-17-42(48)43-18-6-10-24-49(43)63/h3-36,62-63H,1-2H3. The highest BCUT2D eigenvalue weighted by Gasteiger charge is 2.54.